The van der Waals surface area contributed by atoms with Crippen LogP contribution < -0.4 is 15.4 Å². The van der Waals surface area contributed by atoms with Gasteiger partial charge in [0.25, 0.3) is 0 Å². The van der Waals surface area contributed by atoms with Crippen molar-refractivity contribution in [3.63, 3.8) is 0 Å². The van der Waals surface area contributed by atoms with Gasteiger partial charge in [0.2, 0.25) is 5.91 Å². The molecule has 13 heteroatoms. The molecule has 0 aromatic carbocycles. The third kappa shape index (κ3) is 3.63. The molecule has 168 valence electrons. The molecule has 3 aromatic rings. The van der Waals surface area contributed by atoms with Crippen molar-refractivity contribution in [1.82, 2.24) is 29.3 Å². The molecule has 0 bridgehead atoms. The number of nitrogens with zero attached hydrogens (tertiary/aromatic N) is 7. The minimum Gasteiger partial charge on any atom is -0.491 e. The van der Waals surface area contributed by atoms with E-state index in [4.69, 9.17) is 10.5 Å². The standard InChI is InChI=1S/C19H19F3N8O2/c20-19(21,22)9-30-18(25-10-26-30)12-8-28-4-5-32-14-6-15(24-7-11(14)17(28)27-12)29-3-1-2-13(29)16(23)31/h6-8,10,13H,1-5,9H2,(H2,23,31)/t13-/m0/s1. The van der Waals surface area contributed by atoms with Crippen LogP contribution in [0.1, 0.15) is 12.8 Å². The highest BCUT2D eigenvalue weighted by Crippen LogP contribution is 2.36. The number of imidazole rings is 1. The van der Waals surface area contributed by atoms with Crippen LogP contribution in [0.5, 0.6) is 5.75 Å². The first kappa shape index (κ1) is 20.3. The minimum atomic E-state index is -4.43. The second-order valence-corrected chi connectivity index (χ2v) is 7.64. The fraction of sp³-hybridized carbons (Fsp3) is 0.421. The highest BCUT2D eigenvalue weighted by atomic mass is 19.4. The zero-order chi connectivity index (χ0) is 22.5. The first-order valence-electron chi connectivity index (χ1n) is 10.0. The number of carbonyl (C=O) groups is 1. The fourth-order valence-electron chi connectivity index (χ4n) is 4.12. The van der Waals surface area contributed by atoms with Crippen LogP contribution in [0.3, 0.4) is 0 Å². The van der Waals surface area contributed by atoms with Crippen LogP contribution in [0.2, 0.25) is 0 Å². The Balaban J connectivity index is 1.51. The van der Waals surface area contributed by atoms with Gasteiger partial charge in [-0.1, -0.05) is 0 Å². The predicted octanol–water partition coefficient (Wildman–Crippen LogP) is 1.61. The van der Waals surface area contributed by atoms with E-state index in [1.54, 1.807) is 23.0 Å². The second kappa shape index (κ2) is 7.50. The van der Waals surface area contributed by atoms with Crippen molar-refractivity contribution in [3.8, 4) is 28.7 Å². The normalized spacial score (nSPS) is 18.1. The molecule has 2 N–H and O–H groups in total. The number of pyridine rings is 1. The molecule has 2 aliphatic heterocycles. The average Bonchev–Trinajstić information content (AvgIpc) is 3.44. The number of ether oxygens (including phenoxy) is 1. The molecule has 1 atom stereocenters. The summed E-state index contributed by atoms with van der Waals surface area (Å²) < 4.78 is 47.0. The van der Waals surface area contributed by atoms with E-state index in [0.29, 0.717) is 49.1 Å². The number of hydrogen-bond donors (Lipinski definition) is 1. The number of primary amides is 1. The maximum absolute atomic E-state index is 12.9. The molecule has 2 aliphatic rings. The summed E-state index contributed by atoms with van der Waals surface area (Å²) in [5, 5.41) is 3.68. The lowest BCUT2D eigenvalue weighted by molar-refractivity contribution is -0.142. The molecule has 0 spiro atoms. The minimum absolute atomic E-state index is 0.0244. The van der Waals surface area contributed by atoms with E-state index < -0.39 is 24.7 Å². The van der Waals surface area contributed by atoms with Gasteiger partial charge in [0.15, 0.2) is 5.82 Å². The number of aromatic nitrogens is 6. The van der Waals surface area contributed by atoms with Crippen molar-refractivity contribution in [3.05, 3.63) is 24.8 Å². The summed E-state index contributed by atoms with van der Waals surface area (Å²) in [4.78, 5) is 26.6. The van der Waals surface area contributed by atoms with Gasteiger partial charge < -0.3 is 19.9 Å². The summed E-state index contributed by atoms with van der Waals surface area (Å²) in [6, 6.07) is 1.33. The van der Waals surface area contributed by atoms with Crippen LogP contribution in [0, 0.1) is 0 Å². The zero-order valence-electron chi connectivity index (χ0n) is 16.8. The Morgan fingerprint density at radius 1 is 1.25 bits per heavy atom. The van der Waals surface area contributed by atoms with Crippen molar-refractivity contribution >= 4 is 11.7 Å². The monoisotopic (exact) mass is 448 g/mol. The summed E-state index contributed by atoms with van der Waals surface area (Å²) in [6.07, 6.45) is 1.36. The number of carbonyl (C=O) groups excluding carboxylic acids is 1. The maximum Gasteiger partial charge on any atom is 0.408 e. The van der Waals surface area contributed by atoms with Gasteiger partial charge in [0, 0.05) is 25.0 Å². The Labute approximate surface area is 179 Å². The Morgan fingerprint density at radius 2 is 2.09 bits per heavy atom. The fourth-order valence-corrected chi connectivity index (χ4v) is 4.12. The van der Waals surface area contributed by atoms with E-state index in [0.717, 1.165) is 17.4 Å². The van der Waals surface area contributed by atoms with Crippen molar-refractivity contribution in [2.75, 3.05) is 18.1 Å². The largest absolute Gasteiger partial charge is 0.491 e. The van der Waals surface area contributed by atoms with Gasteiger partial charge in [-0.25, -0.2) is 19.6 Å². The lowest BCUT2D eigenvalue weighted by atomic mass is 10.2. The number of anilines is 1. The summed E-state index contributed by atoms with van der Waals surface area (Å²) in [7, 11) is 0. The van der Waals surface area contributed by atoms with Gasteiger partial charge in [-0.05, 0) is 12.8 Å². The van der Waals surface area contributed by atoms with Crippen molar-refractivity contribution in [1.29, 1.82) is 0 Å². The molecule has 10 nitrogen and oxygen atoms in total. The Hall–Kier alpha value is -3.64. The predicted molar refractivity (Wildman–Crippen MR) is 106 cm³/mol. The van der Waals surface area contributed by atoms with Crippen LogP contribution in [0.4, 0.5) is 19.0 Å². The summed E-state index contributed by atoms with van der Waals surface area (Å²) in [6.45, 7) is 0.167. The van der Waals surface area contributed by atoms with Crippen molar-refractivity contribution < 1.29 is 22.7 Å². The van der Waals surface area contributed by atoms with Gasteiger partial charge in [-0.15, -0.1) is 0 Å². The molecule has 5 heterocycles. The molecule has 0 aliphatic carbocycles. The summed E-state index contributed by atoms with van der Waals surface area (Å²) in [5.74, 6) is 1.23. The van der Waals surface area contributed by atoms with Gasteiger partial charge >= 0.3 is 6.18 Å². The van der Waals surface area contributed by atoms with E-state index >= 15 is 0 Å². The highest BCUT2D eigenvalue weighted by Gasteiger charge is 2.32. The number of hydrogen-bond acceptors (Lipinski definition) is 7. The van der Waals surface area contributed by atoms with Crippen LogP contribution in [-0.2, 0) is 17.9 Å². The molecule has 3 aromatic heterocycles. The summed E-state index contributed by atoms with van der Waals surface area (Å²) >= 11 is 0. The quantitative estimate of drug-likeness (QED) is 0.645. The van der Waals surface area contributed by atoms with Crippen LogP contribution in [-0.4, -0.2) is 60.6 Å². The van der Waals surface area contributed by atoms with E-state index in [1.807, 2.05) is 4.90 Å². The highest BCUT2D eigenvalue weighted by molar-refractivity contribution is 5.84. The Bertz CT molecular complexity index is 1170. The lowest BCUT2D eigenvalue weighted by Crippen LogP contribution is -2.40. The van der Waals surface area contributed by atoms with Crippen molar-refractivity contribution in [2.24, 2.45) is 5.73 Å². The van der Waals surface area contributed by atoms with Gasteiger partial charge in [-0.2, -0.15) is 18.3 Å². The van der Waals surface area contributed by atoms with E-state index in [9.17, 15) is 18.0 Å². The second-order valence-electron chi connectivity index (χ2n) is 7.64. The smallest absolute Gasteiger partial charge is 0.408 e. The SMILES string of the molecule is NC(=O)[C@@H]1CCCN1c1cc2c(cn1)-c1nc(-c3ncnn3CC(F)(F)F)cn1CCO2. The number of nitrogens with two attached hydrogens (primary N) is 1. The molecule has 0 saturated carbocycles. The Kier molecular flexibility index (Phi) is 4.75. The van der Waals surface area contributed by atoms with Crippen LogP contribution >= 0.6 is 0 Å². The lowest BCUT2D eigenvalue weighted by Gasteiger charge is -2.23. The number of rotatable bonds is 4. The third-order valence-electron chi connectivity index (χ3n) is 5.51. The third-order valence-corrected chi connectivity index (χ3v) is 5.51. The van der Waals surface area contributed by atoms with Gasteiger partial charge in [-0.3, -0.25) is 4.79 Å². The number of fused-ring (bicyclic) bond motifs is 3. The average molecular weight is 448 g/mol. The molecule has 5 rings (SSSR count). The first-order valence-corrected chi connectivity index (χ1v) is 10.0. The van der Waals surface area contributed by atoms with Crippen LogP contribution in [0.15, 0.2) is 24.8 Å². The zero-order valence-corrected chi connectivity index (χ0v) is 16.8. The van der Waals surface area contributed by atoms with E-state index in [1.165, 1.54) is 0 Å². The van der Waals surface area contributed by atoms with E-state index in [2.05, 4.69) is 20.1 Å². The molecule has 1 saturated heterocycles. The van der Waals surface area contributed by atoms with Crippen molar-refractivity contribution in [2.45, 2.75) is 38.1 Å². The molecular weight excluding hydrogens is 429 g/mol. The number of amides is 1. The maximum atomic E-state index is 12.9. The molecule has 0 unspecified atom stereocenters. The number of alkyl halides is 3. The van der Waals surface area contributed by atoms with Crippen LogP contribution in [0.25, 0.3) is 22.9 Å². The number of halogens is 3. The molecule has 32 heavy (non-hydrogen) atoms. The molecule has 1 amide bonds. The summed E-state index contributed by atoms with van der Waals surface area (Å²) in [5.41, 5.74) is 6.38. The van der Waals surface area contributed by atoms with E-state index in [-0.39, 0.29) is 11.5 Å². The first-order chi connectivity index (χ1) is 15.3. The van der Waals surface area contributed by atoms with Gasteiger partial charge in [0.05, 0.1) is 12.1 Å². The molecule has 1 fully saturated rings. The molecule has 0 radical (unpaired) electrons. The van der Waals surface area contributed by atoms with Gasteiger partial charge in [0.1, 0.15) is 48.6 Å². The topological polar surface area (TPSA) is 117 Å². The molecular formula is C19H19F3N8O2. The Morgan fingerprint density at radius 3 is 2.88 bits per heavy atom.